The molecule has 0 saturated carbocycles. The Balaban J connectivity index is 1.47. The summed E-state index contributed by atoms with van der Waals surface area (Å²) in [4.78, 5) is 31.2. The van der Waals surface area contributed by atoms with Crippen LogP contribution in [0.4, 0.5) is 11.4 Å². The highest BCUT2D eigenvalue weighted by Crippen LogP contribution is 2.32. The molecule has 2 saturated heterocycles. The van der Waals surface area contributed by atoms with E-state index in [1.165, 1.54) is 4.90 Å². The lowest BCUT2D eigenvalue weighted by Gasteiger charge is -2.38. The minimum atomic E-state index is -0.458. The fourth-order valence-electron chi connectivity index (χ4n) is 4.01. The van der Waals surface area contributed by atoms with Crippen LogP contribution in [0.2, 0.25) is 10.0 Å². The quantitative estimate of drug-likeness (QED) is 0.691. The third kappa shape index (κ3) is 3.92. The second kappa shape index (κ2) is 8.22. The summed E-state index contributed by atoms with van der Waals surface area (Å²) < 4.78 is 5.46. The molecule has 152 valence electrons. The first-order valence-corrected chi connectivity index (χ1v) is 10.2. The summed E-state index contributed by atoms with van der Waals surface area (Å²) in [6, 6.07) is 12.2. The van der Waals surface area contributed by atoms with E-state index < -0.39 is 6.04 Å². The van der Waals surface area contributed by atoms with Gasteiger partial charge in [-0.05, 0) is 30.3 Å². The zero-order valence-electron chi connectivity index (χ0n) is 16.0. The predicted octanol–water partition coefficient (Wildman–Crippen LogP) is 3.46. The van der Waals surface area contributed by atoms with Gasteiger partial charge in [0, 0.05) is 36.2 Å². The number of halogens is 2. The molecule has 2 heterocycles. The number of para-hydroxylation sites is 2. The van der Waals surface area contributed by atoms with Crippen molar-refractivity contribution in [3.63, 3.8) is 0 Å². The lowest BCUT2D eigenvalue weighted by Crippen LogP contribution is -2.52. The second-order valence-electron chi connectivity index (χ2n) is 7.11. The highest BCUT2D eigenvalue weighted by Gasteiger charge is 2.43. The highest BCUT2D eigenvalue weighted by molar-refractivity contribution is 6.35. The SMILES string of the molecule is COc1ccccc1N1CCN(C2CC(=O)N(c3cc(Cl)cc(Cl)c3)C2=O)CC1. The summed E-state index contributed by atoms with van der Waals surface area (Å²) in [5.41, 5.74) is 1.46. The molecule has 2 aromatic rings. The Labute approximate surface area is 179 Å². The monoisotopic (exact) mass is 433 g/mol. The summed E-state index contributed by atoms with van der Waals surface area (Å²) in [6.07, 6.45) is 0.164. The molecular weight excluding hydrogens is 413 g/mol. The molecule has 29 heavy (non-hydrogen) atoms. The lowest BCUT2D eigenvalue weighted by molar-refractivity contribution is -0.123. The number of rotatable bonds is 4. The Kier molecular flexibility index (Phi) is 5.67. The van der Waals surface area contributed by atoms with Crippen molar-refractivity contribution in [1.82, 2.24) is 4.90 Å². The molecule has 2 aromatic carbocycles. The van der Waals surface area contributed by atoms with Gasteiger partial charge in [0.25, 0.3) is 5.91 Å². The first-order valence-electron chi connectivity index (χ1n) is 9.43. The summed E-state index contributed by atoms with van der Waals surface area (Å²) >= 11 is 12.1. The molecule has 0 spiro atoms. The number of benzene rings is 2. The van der Waals surface area contributed by atoms with Crippen LogP contribution in [0.5, 0.6) is 5.75 Å². The van der Waals surface area contributed by atoms with Crippen LogP contribution < -0.4 is 14.5 Å². The Morgan fingerprint density at radius 3 is 2.28 bits per heavy atom. The first-order chi connectivity index (χ1) is 14.0. The van der Waals surface area contributed by atoms with Crippen LogP contribution in [0, 0.1) is 0 Å². The maximum Gasteiger partial charge on any atom is 0.251 e. The van der Waals surface area contributed by atoms with Crippen LogP contribution in [-0.4, -0.2) is 56.0 Å². The van der Waals surface area contributed by atoms with E-state index in [1.54, 1.807) is 25.3 Å². The van der Waals surface area contributed by atoms with E-state index in [9.17, 15) is 9.59 Å². The molecule has 6 nitrogen and oxygen atoms in total. The molecule has 2 amide bonds. The zero-order valence-corrected chi connectivity index (χ0v) is 17.5. The molecule has 0 N–H and O–H groups in total. The van der Waals surface area contributed by atoms with E-state index in [1.807, 2.05) is 24.3 Å². The lowest BCUT2D eigenvalue weighted by atomic mass is 10.1. The van der Waals surface area contributed by atoms with Crippen molar-refractivity contribution in [1.29, 1.82) is 0 Å². The second-order valence-corrected chi connectivity index (χ2v) is 7.98. The van der Waals surface area contributed by atoms with Gasteiger partial charge >= 0.3 is 0 Å². The largest absolute Gasteiger partial charge is 0.495 e. The van der Waals surface area contributed by atoms with Crippen LogP contribution in [0.15, 0.2) is 42.5 Å². The maximum atomic E-state index is 13.0. The third-order valence-electron chi connectivity index (χ3n) is 5.41. The average Bonchev–Trinajstić information content (AvgIpc) is 3.01. The van der Waals surface area contributed by atoms with E-state index in [0.717, 1.165) is 24.5 Å². The number of hydrogen-bond donors (Lipinski definition) is 0. The van der Waals surface area contributed by atoms with Gasteiger partial charge in [-0.25, -0.2) is 4.90 Å². The van der Waals surface area contributed by atoms with Crippen LogP contribution in [-0.2, 0) is 9.59 Å². The highest BCUT2D eigenvalue weighted by atomic mass is 35.5. The van der Waals surface area contributed by atoms with E-state index in [0.29, 0.717) is 28.8 Å². The Morgan fingerprint density at radius 2 is 1.62 bits per heavy atom. The number of anilines is 2. The number of piperazine rings is 1. The maximum absolute atomic E-state index is 13.0. The minimum absolute atomic E-state index is 0.164. The minimum Gasteiger partial charge on any atom is -0.495 e. The number of ether oxygens (including phenoxy) is 1. The van der Waals surface area contributed by atoms with Crippen LogP contribution in [0.3, 0.4) is 0 Å². The van der Waals surface area contributed by atoms with Gasteiger partial charge in [-0.3, -0.25) is 14.5 Å². The number of methoxy groups -OCH3 is 1. The number of carbonyl (C=O) groups excluding carboxylic acids is 2. The van der Waals surface area contributed by atoms with E-state index in [4.69, 9.17) is 27.9 Å². The van der Waals surface area contributed by atoms with Gasteiger partial charge in [0.05, 0.1) is 30.9 Å². The summed E-state index contributed by atoms with van der Waals surface area (Å²) in [5.74, 6) is 0.377. The predicted molar refractivity (Wildman–Crippen MR) is 114 cm³/mol. The smallest absolute Gasteiger partial charge is 0.251 e. The third-order valence-corrected chi connectivity index (χ3v) is 5.85. The molecule has 2 aliphatic rings. The van der Waals surface area contributed by atoms with Crippen LogP contribution >= 0.6 is 23.2 Å². The number of amides is 2. The van der Waals surface area contributed by atoms with Crippen LogP contribution in [0.1, 0.15) is 6.42 Å². The molecular formula is C21H21Cl2N3O3. The standard InChI is InChI=1S/C21H21Cl2N3O3/c1-29-19-5-3-2-4-17(19)24-6-8-25(9-7-24)18-13-20(27)26(21(18)28)16-11-14(22)10-15(23)12-16/h2-5,10-12,18H,6-9,13H2,1H3. The molecule has 1 atom stereocenters. The fraction of sp³-hybridized carbons (Fsp3) is 0.333. The number of nitrogens with zero attached hydrogens (tertiary/aromatic N) is 3. The van der Waals surface area contributed by atoms with E-state index in [2.05, 4.69) is 9.80 Å². The van der Waals surface area contributed by atoms with Crippen molar-refractivity contribution in [2.24, 2.45) is 0 Å². The molecule has 4 rings (SSSR count). The molecule has 0 aromatic heterocycles. The molecule has 1 unspecified atom stereocenters. The average molecular weight is 434 g/mol. The summed E-state index contributed by atoms with van der Waals surface area (Å²) in [5, 5.41) is 0.781. The van der Waals surface area contributed by atoms with Gasteiger partial charge in [0.2, 0.25) is 5.91 Å². The molecule has 2 fully saturated rings. The van der Waals surface area contributed by atoms with Crippen molar-refractivity contribution in [2.45, 2.75) is 12.5 Å². The number of hydrogen-bond acceptors (Lipinski definition) is 5. The number of carbonyl (C=O) groups is 2. The zero-order chi connectivity index (χ0) is 20.5. The topological polar surface area (TPSA) is 53.1 Å². The molecule has 0 aliphatic carbocycles. The van der Waals surface area contributed by atoms with Gasteiger partial charge in [-0.2, -0.15) is 0 Å². The summed E-state index contributed by atoms with van der Waals surface area (Å²) in [7, 11) is 1.66. The van der Waals surface area contributed by atoms with Crippen molar-refractivity contribution >= 4 is 46.4 Å². The molecule has 0 bridgehead atoms. The van der Waals surface area contributed by atoms with Crippen molar-refractivity contribution < 1.29 is 14.3 Å². The van der Waals surface area contributed by atoms with Crippen LogP contribution in [0.25, 0.3) is 0 Å². The van der Waals surface area contributed by atoms with E-state index >= 15 is 0 Å². The Bertz CT molecular complexity index is 924. The summed E-state index contributed by atoms with van der Waals surface area (Å²) in [6.45, 7) is 2.88. The van der Waals surface area contributed by atoms with Crippen molar-refractivity contribution in [3.05, 3.63) is 52.5 Å². The van der Waals surface area contributed by atoms with E-state index in [-0.39, 0.29) is 18.2 Å². The van der Waals surface area contributed by atoms with Gasteiger partial charge in [0.15, 0.2) is 0 Å². The van der Waals surface area contributed by atoms with Crippen molar-refractivity contribution in [3.8, 4) is 5.75 Å². The molecule has 0 radical (unpaired) electrons. The van der Waals surface area contributed by atoms with Gasteiger partial charge in [0.1, 0.15) is 5.75 Å². The fourth-order valence-corrected chi connectivity index (χ4v) is 4.52. The Morgan fingerprint density at radius 1 is 0.966 bits per heavy atom. The van der Waals surface area contributed by atoms with Gasteiger partial charge in [-0.1, -0.05) is 35.3 Å². The molecule has 8 heteroatoms. The van der Waals surface area contributed by atoms with Gasteiger partial charge < -0.3 is 9.64 Å². The Hall–Kier alpha value is -2.28. The first kappa shape index (κ1) is 20.0. The normalized spacial score (nSPS) is 20.4. The van der Waals surface area contributed by atoms with Crippen molar-refractivity contribution in [2.75, 3.05) is 43.1 Å². The molecule has 2 aliphatic heterocycles. The van der Waals surface area contributed by atoms with Gasteiger partial charge in [-0.15, -0.1) is 0 Å². The number of imide groups is 1.